The Hall–Kier alpha value is 0.730. The van der Waals surface area contributed by atoms with E-state index in [1.165, 1.54) is 30.1 Å². The molecule has 0 amide bonds. The van der Waals surface area contributed by atoms with Crippen LogP contribution in [0.3, 0.4) is 0 Å². The molecule has 12 heavy (non-hydrogen) atoms. The first-order valence-corrected chi connectivity index (χ1v) is 8.43. The van der Waals surface area contributed by atoms with E-state index in [-0.39, 0.29) is 0 Å². The van der Waals surface area contributed by atoms with Crippen LogP contribution >= 0.6 is 0 Å². The molecule has 0 aromatic heterocycles. The molecule has 0 saturated heterocycles. The van der Waals surface area contributed by atoms with Crippen molar-refractivity contribution in [3.05, 3.63) is 0 Å². The first kappa shape index (κ1) is 10.8. The van der Waals surface area contributed by atoms with Gasteiger partial charge in [0, 0.05) is 0 Å². The van der Waals surface area contributed by atoms with Crippen molar-refractivity contribution in [1.82, 2.24) is 0 Å². The van der Waals surface area contributed by atoms with Crippen LogP contribution in [0.2, 0.25) is 0 Å². The molecule has 0 aromatic rings. The molecule has 1 aliphatic carbocycles. The van der Waals surface area contributed by atoms with Gasteiger partial charge < -0.3 is 0 Å². The Morgan fingerprint density at radius 3 is 2.75 bits per heavy atom. The summed E-state index contributed by atoms with van der Waals surface area (Å²) in [5.41, 5.74) is 0. The van der Waals surface area contributed by atoms with Gasteiger partial charge in [-0.15, -0.1) is 0 Å². The van der Waals surface area contributed by atoms with Gasteiger partial charge >= 0.3 is 87.8 Å². The van der Waals surface area contributed by atoms with E-state index in [0.29, 0.717) is 21.2 Å². The summed E-state index contributed by atoms with van der Waals surface area (Å²) in [6.07, 6.45) is 7.63. The number of hydrogen-bond donors (Lipinski definition) is 0. The maximum atomic E-state index is 2.45. The molecule has 0 bridgehead atoms. The van der Waals surface area contributed by atoms with Crippen LogP contribution in [0.4, 0.5) is 0 Å². The molecule has 0 nitrogen and oxygen atoms in total. The maximum absolute atomic E-state index is 2.45. The third-order valence-electron chi connectivity index (χ3n) is 3.07. The summed E-state index contributed by atoms with van der Waals surface area (Å²) in [4.78, 5) is 0. The van der Waals surface area contributed by atoms with Crippen LogP contribution in [0.15, 0.2) is 0 Å². The molecule has 0 spiro atoms. The fourth-order valence-electron chi connectivity index (χ4n) is 2.22. The van der Waals surface area contributed by atoms with Crippen LogP contribution < -0.4 is 21.2 Å². The number of rotatable bonds is 5. The molecule has 0 radical (unpaired) electrons. The van der Waals surface area contributed by atoms with Crippen molar-refractivity contribution in [2.75, 3.05) is 8.86 Å². The second kappa shape index (κ2) is 6.22. The quantitative estimate of drug-likeness (QED) is 0.386. The Labute approximate surface area is 87.8 Å². The van der Waals surface area contributed by atoms with Gasteiger partial charge in [-0.2, -0.15) is 0 Å². The predicted octanol–water partition coefficient (Wildman–Crippen LogP) is 0.312. The summed E-state index contributed by atoms with van der Waals surface area (Å²) in [6, 6.07) is 0. The monoisotopic (exact) mass is 281 g/mol. The molecule has 0 aromatic carbocycles. The molecule has 1 aliphatic rings. The Morgan fingerprint density at radius 1 is 1.33 bits per heavy atom. The van der Waals surface area contributed by atoms with Gasteiger partial charge in [0.05, 0.1) is 0 Å². The number of alkyl halides is 2. The van der Waals surface area contributed by atoms with E-state index in [1.807, 2.05) is 0 Å². The second-order valence-electron chi connectivity index (χ2n) is 3.96. The summed E-state index contributed by atoms with van der Waals surface area (Å²) >= 11 is 0.591. The normalized spacial score (nSPS) is 29.8. The van der Waals surface area contributed by atoms with Crippen LogP contribution in [0, 0.1) is 11.8 Å². The van der Waals surface area contributed by atoms with Gasteiger partial charge in [-0.3, -0.25) is 0 Å². The van der Waals surface area contributed by atoms with Crippen LogP contribution in [0.1, 0.15) is 46.0 Å². The van der Waals surface area contributed by atoms with Gasteiger partial charge in [0.2, 0.25) is 0 Å². The molecule has 0 heterocycles. The summed E-state index contributed by atoms with van der Waals surface area (Å²) in [6.45, 7) is 4.79. The SMILES string of the molecule is CC[I-]CCCC1CCCC1C. The van der Waals surface area contributed by atoms with Crippen molar-refractivity contribution in [2.24, 2.45) is 11.8 Å². The first-order valence-electron chi connectivity index (χ1n) is 5.38. The Morgan fingerprint density at radius 2 is 2.17 bits per heavy atom. The Balaban J connectivity index is 1.98. The fourth-order valence-corrected chi connectivity index (χ4v) is 3.96. The van der Waals surface area contributed by atoms with Crippen molar-refractivity contribution in [3.63, 3.8) is 0 Å². The van der Waals surface area contributed by atoms with Crippen molar-refractivity contribution < 1.29 is 21.2 Å². The molecule has 2 unspecified atom stereocenters. The number of hydrogen-bond acceptors (Lipinski definition) is 0. The van der Waals surface area contributed by atoms with Gasteiger partial charge in [0.1, 0.15) is 0 Å². The van der Waals surface area contributed by atoms with E-state index < -0.39 is 0 Å². The molecule has 2 atom stereocenters. The van der Waals surface area contributed by atoms with E-state index in [1.54, 1.807) is 10.8 Å². The summed E-state index contributed by atoms with van der Waals surface area (Å²) in [5, 5.41) is 0. The van der Waals surface area contributed by atoms with Gasteiger partial charge in [-0.05, 0) is 0 Å². The first-order chi connectivity index (χ1) is 5.84. The molecule has 1 saturated carbocycles. The van der Waals surface area contributed by atoms with Gasteiger partial charge in [0.25, 0.3) is 0 Å². The molecule has 74 valence electrons. The van der Waals surface area contributed by atoms with Crippen molar-refractivity contribution in [2.45, 2.75) is 46.0 Å². The van der Waals surface area contributed by atoms with Gasteiger partial charge in [-0.1, -0.05) is 0 Å². The second-order valence-corrected chi connectivity index (χ2v) is 7.64. The molecule has 0 N–H and O–H groups in total. The van der Waals surface area contributed by atoms with E-state index in [0.717, 1.165) is 11.8 Å². The standard InChI is InChI=1S/C11H22I/c1-3-12-9-5-8-11-7-4-6-10(11)2/h10-11H,3-9H2,1-2H3/q-1. The third-order valence-corrected chi connectivity index (χ3v) is 5.67. The number of halogens is 1. The molecular weight excluding hydrogens is 259 g/mol. The third kappa shape index (κ3) is 3.63. The molecule has 1 rings (SSSR count). The summed E-state index contributed by atoms with van der Waals surface area (Å²) in [5.74, 6) is 2.15. The fraction of sp³-hybridized carbons (Fsp3) is 1.00. The van der Waals surface area contributed by atoms with Gasteiger partial charge in [0.15, 0.2) is 0 Å². The molecule has 0 aliphatic heterocycles. The summed E-state index contributed by atoms with van der Waals surface area (Å²) in [7, 11) is 0. The van der Waals surface area contributed by atoms with Crippen molar-refractivity contribution >= 4 is 0 Å². The van der Waals surface area contributed by atoms with Crippen LogP contribution in [0.5, 0.6) is 0 Å². The van der Waals surface area contributed by atoms with E-state index in [2.05, 4.69) is 13.8 Å². The van der Waals surface area contributed by atoms with Crippen LogP contribution in [0.25, 0.3) is 0 Å². The molecular formula is C11H22I-. The minimum atomic E-state index is 0.591. The van der Waals surface area contributed by atoms with Gasteiger partial charge in [-0.25, -0.2) is 0 Å². The Bertz CT molecular complexity index is 112. The van der Waals surface area contributed by atoms with Crippen molar-refractivity contribution in [1.29, 1.82) is 0 Å². The minimum absolute atomic E-state index is 0.591. The topological polar surface area (TPSA) is 0 Å². The van der Waals surface area contributed by atoms with Crippen LogP contribution in [-0.2, 0) is 0 Å². The van der Waals surface area contributed by atoms with E-state index in [9.17, 15) is 0 Å². The van der Waals surface area contributed by atoms with E-state index >= 15 is 0 Å². The zero-order valence-corrected chi connectivity index (χ0v) is 10.6. The van der Waals surface area contributed by atoms with Crippen molar-refractivity contribution in [3.8, 4) is 0 Å². The average molecular weight is 281 g/mol. The average Bonchev–Trinajstić information content (AvgIpc) is 2.46. The molecule has 1 heteroatoms. The zero-order valence-electron chi connectivity index (χ0n) is 8.48. The molecule has 1 fully saturated rings. The van der Waals surface area contributed by atoms with Crippen LogP contribution in [-0.4, -0.2) is 8.86 Å². The Kier molecular flexibility index (Phi) is 5.61. The predicted molar refractivity (Wildman–Crippen MR) is 51.1 cm³/mol. The summed E-state index contributed by atoms with van der Waals surface area (Å²) < 4.78 is 3.07. The zero-order chi connectivity index (χ0) is 8.81. The van der Waals surface area contributed by atoms with E-state index in [4.69, 9.17) is 0 Å².